The van der Waals surface area contributed by atoms with Gasteiger partial charge in [-0.15, -0.1) is 0 Å². The van der Waals surface area contributed by atoms with Gasteiger partial charge in [-0.3, -0.25) is 9.78 Å². The SMILES string of the molecule is CCNc1ccc(C(=O)N(CC)c2ccncc2)nc1. The van der Waals surface area contributed by atoms with Gasteiger partial charge in [0.25, 0.3) is 5.91 Å². The lowest BCUT2D eigenvalue weighted by molar-refractivity contribution is 0.0983. The van der Waals surface area contributed by atoms with E-state index in [1.807, 2.05) is 32.0 Å². The van der Waals surface area contributed by atoms with Gasteiger partial charge in [-0.2, -0.15) is 0 Å². The maximum absolute atomic E-state index is 12.5. The third-order valence-electron chi connectivity index (χ3n) is 2.90. The first-order valence-electron chi connectivity index (χ1n) is 6.68. The van der Waals surface area contributed by atoms with E-state index < -0.39 is 0 Å². The zero-order chi connectivity index (χ0) is 14.4. The molecule has 0 fully saturated rings. The first-order chi connectivity index (χ1) is 9.76. The molecule has 2 aromatic rings. The van der Waals surface area contributed by atoms with Gasteiger partial charge >= 0.3 is 0 Å². The molecule has 2 heterocycles. The predicted octanol–water partition coefficient (Wildman–Crippen LogP) is 2.58. The van der Waals surface area contributed by atoms with Crippen LogP contribution in [-0.4, -0.2) is 29.0 Å². The quantitative estimate of drug-likeness (QED) is 0.907. The summed E-state index contributed by atoms with van der Waals surface area (Å²) in [6, 6.07) is 7.23. The molecule has 0 spiro atoms. The Morgan fingerprint density at radius 2 is 1.95 bits per heavy atom. The minimum absolute atomic E-state index is 0.109. The standard InChI is InChI=1S/C15H18N4O/c1-3-17-12-5-6-14(18-11-12)15(20)19(4-2)13-7-9-16-10-8-13/h5-11,17H,3-4H2,1-2H3. The molecule has 0 atom stereocenters. The monoisotopic (exact) mass is 270 g/mol. The van der Waals surface area contributed by atoms with E-state index >= 15 is 0 Å². The smallest absolute Gasteiger partial charge is 0.276 e. The third-order valence-corrected chi connectivity index (χ3v) is 2.90. The van der Waals surface area contributed by atoms with Crippen molar-refractivity contribution in [1.82, 2.24) is 9.97 Å². The van der Waals surface area contributed by atoms with Gasteiger partial charge in [-0.05, 0) is 38.1 Å². The average molecular weight is 270 g/mol. The van der Waals surface area contributed by atoms with Crippen LogP contribution in [0.2, 0.25) is 0 Å². The summed E-state index contributed by atoms with van der Waals surface area (Å²) in [5.41, 5.74) is 2.17. The van der Waals surface area contributed by atoms with Gasteiger partial charge < -0.3 is 10.2 Å². The first-order valence-corrected chi connectivity index (χ1v) is 6.68. The second kappa shape index (κ2) is 6.65. The van der Waals surface area contributed by atoms with E-state index in [4.69, 9.17) is 0 Å². The number of aromatic nitrogens is 2. The second-order valence-electron chi connectivity index (χ2n) is 4.22. The number of amides is 1. The fourth-order valence-corrected chi connectivity index (χ4v) is 1.93. The fraction of sp³-hybridized carbons (Fsp3) is 0.267. The van der Waals surface area contributed by atoms with E-state index in [9.17, 15) is 4.79 Å². The van der Waals surface area contributed by atoms with Crippen LogP contribution in [0.1, 0.15) is 24.3 Å². The molecule has 20 heavy (non-hydrogen) atoms. The van der Waals surface area contributed by atoms with E-state index in [0.717, 1.165) is 17.9 Å². The number of pyridine rings is 2. The van der Waals surface area contributed by atoms with Crippen molar-refractivity contribution in [2.45, 2.75) is 13.8 Å². The highest BCUT2D eigenvalue weighted by Gasteiger charge is 2.16. The molecule has 5 heteroatoms. The number of hydrogen-bond donors (Lipinski definition) is 1. The Kier molecular flexibility index (Phi) is 4.65. The normalized spacial score (nSPS) is 10.1. The number of rotatable bonds is 5. The molecular formula is C15H18N4O. The molecule has 1 amide bonds. The summed E-state index contributed by atoms with van der Waals surface area (Å²) in [5.74, 6) is -0.109. The van der Waals surface area contributed by atoms with E-state index in [1.54, 1.807) is 29.6 Å². The molecule has 0 saturated heterocycles. The van der Waals surface area contributed by atoms with Crippen LogP contribution in [0.15, 0.2) is 42.9 Å². The summed E-state index contributed by atoms with van der Waals surface area (Å²) in [6.45, 7) is 5.36. The van der Waals surface area contributed by atoms with Crippen LogP contribution in [0.25, 0.3) is 0 Å². The summed E-state index contributed by atoms with van der Waals surface area (Å²) < 4.78 is 0. The van der Waals surface area contributed by atoms with Gasteiger partial charge in [0.1, 0.15) is 5.69 Å². The second-order valence-corrected chi connectivity index (χ2v) is 4.22. The summed E-state index contributed by atoms with van der Waals surface area (Å²) in [6.07, 6.45) is 5.02. The summed E-state index contributed by atoms with van der Waals surface area (Å²) in [5, 5.41) is 3.15. The Balaban J connectivity index is 2.20. The van der Waals surface area contributed by atoms with Crippen LogP contribution >= 0.6 is 0 Å². The van der Waals surface area contributed by atoms with Crippen molar-refractivity contribution < 1.29 is 4.79 Å². The molecular weight excluding hydrogens is 252 g/mol. The molecule has 0 unspecified atom stereocenters. The number of hydrogen-bond acceptors (Lipinski definition) is 4. The molecule has 0 aliphatic carbocycles. The van der Waals surface area contributed by atoms with Crippen molar-refractivity contribution in [2.75, 3.05) is 23.3 Å². The number of carbonyl (C=O) groups is 1. The minimum atomic E-state index is -0.109. The van der Waals surface area contributed by atoms with Crippen molar-refractivity contribution in [2.24, 2.45) is 0 Å². The lowest BCUT2D eigenvalue weighted by atomic mass is 10.2. The minimum Gasteiger partial charge on any atom is -0.384 e. The van der Waals surface area contributed by atoms with E-state index in [0.29, 0.717) is 12.2 Å². The Morgan fingerprint density at radius 3 is 2.50 bits per heavy atom. The third kappa shape index (κ3) is 3.12. The van der Waals surface area contributed by atoms with Gasteiger partial charge in [0.2, 0.25) is 0 Å². The highest BCUT2D eigenvalue weighted by molar-refractivity contribution is 6.04. The van der Waals surface area contributed by atoms with Crippen LogP contribution in [0, 0.1) is 0 Å². The number of carbonyl (C=O) groups excluding carboxylic acids is 1. The molecule has 5 nitrogen and oxygen atoms in total. The van der Waals surface area contributed by atoms with E-state index in [2.05, 4.69) is 15.3 Å². The van der Waals surface area contributed by atoms with Crippen molar-refractivity contribution in [3.8, 4) is 0 Å². The van der Waals surface area contributed by atoms with Crippen LogP contribution < -0.4 is 10.2 Å². The molecule has 0 radical (unpaired) electrons. The Morgan fingerprint density at radius 1 is 1.20 bits per heavy atom. The topological polar surface area (TPSA) is 58.1 Å². The largest absolute Gasteiger partial charge is 0.384 e. The lowest BCUT2D eigenvalue weighted by Crippen LogP contribution is -2.31. The van der Waals surface area contributed by atoms with Crippen LogP contribution in [-0.2, 0) is 0 Å². The number of nitrogens with zero attached hydrogens (tertiary/aromatic N) is 3. The molecule has 2 rings (SSSR count). The zero-order valence-electron chi connectivity index (χ0n) is 11.7. The van der Waals surface area contributed by atoms with Gasteiger partial charge in [0, 0.05) is 31.2 Å². The predicted molar refractivity (Wildman–Crippen MR) is 80.0 cm³/mol. The Hall–Kier alpha value is -2.43. The first kappa shape index (κ1) is 14.0. The van der Waals surface area contributed by atoms with Crippen molar-refractivity contribution in [3.63, 3.8) is 0 Å². The van der Waals surface area contributed by atoms with Crippen molar-refractivity contribution >= 4 is 17.3 Å². The molecule has 0 bridgehead atoms. The molecule has 0 saturated carbocycles. The molecule has 0 aromatic carbocycles. The van der Waals surface area contributed by atoms with E-state index in [1.165, 1.54) is 0 Å². The maximum Gasteiger partial charge on any atom is 0.276 e. The fourth-order valence-electron chi connectivity index (χ4n) is 1.93. The number of nitrogens with one attached hydrogen (secondary N) is 1. The molecule has 0 aliphatic heterocycles. The summed E-state index contributed by atoms with van der Waals surface area (Å²) >= 11 is 0. The van der Waals surface area contributed by atoms with Gasteiger partial charge in [-0.1, -0.05) is 0 Å². The Bertz CT molecular complexity index is 554. The molecule has 0 aliphatic rings. The Labute approximate surface area is 118 Å². The number of anilines is 2. The molecule has 104 valence electrons. The highest BCUT2D eigenvalue weighted by atomic mass is 16.2. The summed E-state index contributed by atoms with van der Waals surface area (Å²) in [7, 11) is 0. The van der Waals surface area contributed by atoms with Crippen molar-refractivity contribution in [1.29, 1.82) is 0 Å². The van der Waals surface area contributed by atoms with Crippen LogP contribution in [0.3, 0.4) is 0 Å². The molecule has 2 aromatic heterocycles. The zero-order valence-corrected chi connectivity index (χ0v) is 11.7. The van der Waals surface area contributed by atoms with Crippen molar-refractivity contribution in [3.05, 3.63) is 48.5 Å². The lowest BCUT2D eigenvalue weighted by Gasteiger charge is -2.20. The highest BCUT2D eigenvalue weighted by Crippen LogP contribution is 2.15. The summed E-state index contributed by atoms with van der Waals surface area (Å²) in [4.78, 5) is 22.3. The van der Waals surface area contributed by atoms with Gasteiger partial charge in [0.05, 0.1) is 11.9 Å². The van der Waals surface area contributed by atoms with Gasteiger partial charge in [-0.25, -0.2) is 4.98 Å². The van der Waals surface area contributed by atoms with Crippen LogP contribution in [0.4, 0.5) is 11.4 Å². The maximum atomic E-state index is 12.5. The van der Waals surface area contributed by atoms with E-state index in [-0.39, 0.29) is 5.91 Å². The van der Waals surface area contributed by atoms with Gasteiger partial charge in [0.15, 0.2) is 0 Å². The molecule has 1 N–H and O–H groups in total. The van der Waals surface area contributed by atoms with Crippen LogP contribution in [0.5, 0.6) is 0 Å². The average Bonchev–Trinajstić information content (AvgIpc) is 2.50.